The molecule has 0 amide bonds. The highest BCUT2D eigenvalue weighted by atomic mass is 19.1. The minimum absolute atomic E-state index is 0.0427. The van der Waals surface area contributed by atoms with E-state index in [1.807, 2.05) is 4.90 Å². The molecule has 4 nitrogen and oxygen atoms in total. The fourth-order valence-electron chi connectivity index (χ4n) is 2.74. The van der Waals surface area contributed by atoms with Crippen molar-refractivity contribution in [2.24, 2.45) is 5.92 Å². The molecule has 1 heterocycles. The van der Waals surface area contributed by atoms with Crippen molar-refractivity contribution in [3.8, 4) is 5.75 Å². The van der Waals surface area contributed by atoms with Gasteiger partial charge in [0.2, 0.25) is 0 Å². The highest BCUT2D eigenvalue weighted by molar-refractivity contribution is 5.69. The second-order valence-electron chi connectivity index (χ2n) is 5.73. The summed E-state index contributed by atoms with van der Waals surface area (Å²) in [6.07, 6.45) is 2.94. The van der Waals surface area contributed by atoms with Crippen LogP contribution in [0.5, 0.6) is 5.75 Å². The number of benzene rings is 1. The normalized spacial score (nSPS) is 20.8. The molecule has 1 aliphatic heterocycles. The van der Waals surface area contributed by atoms with Crippen molar-refractivity contribution >= 4 is 5.97 Å². The van der Waals surface area contributed by atoms with E-state index in [-0.39, 0.29) is 18.5 Å². The van der Waals surface area contributed by atoms with Gasteiger partial charge in [-0.2, -0.15) is 0 Å². The van der Waals surface area contributed by atoms with E-state index in [1.165, 1.54) is 25.0 Å². The topological polar surface area (TPSA) is 49.8 Å². The van der Waals surface area contributed by atoms with Crippen LogP contribution in [0.3, 0.4) is 0 Å². The average molecular weight is 279 g/mol. The van der Waals surface area contributed by atoms with Crippen LogP contribution in [0.2, 0.25) is 0 Å². The van der Waals surface area contributed by atoms with Gasteiger partial charge in [0.05, 0.1) is 6.54 Å². The van der Waals surface area contributed by atoms with Crippen molar-refractivity contribution in [2.45, 2.75) is 25.4 Å². The van der Waals surface area contributed by atoms with Gasteiger partial charge in [-0.15, -0.1) is 0 Å². The minimum atomic E-state index is -0.813. The summed E-state index contributed by atoms with van der Waals surface area (Å²) in [5.41, 5.74) is 0.872. The van der Waals surface area contributed by atoms with E-state index in [1.54, 1.807) is 6.07 Å². The number of carbonyl (C=O) groups is 1. The molecule has 0 saturated heterocycles. The maximum atomic E-state index is 13.2. The van der Waals surface area contributed by atoms with Crippen molar-refractivity contribution in [1.82, 2.24) is 4.90 Å². The van der Waals surface area contributed by atoms with Gasteiger partial charge in [0.25, 0.3) is 0 Å². The number of aliphatic carboxylic acids is 1. The highest BCUT2D eigenvalue weighted by Gasteiger charge is 2.30. The maximum absolute atomic E-state index is 13.2. The summed E-state index contributed by atoms with van der Waals surface area (Å²) < 4.78 is 18.9. The number of hydrogen-bond acceptors (Lipinski definition) is 3. The number of nitrogens with zero attached hydrogens (tertiary/aromatic N) is 1. The monoisotopic (exact) mass is 279 g/mol. The lowest BCUT2D eigenvalue weighted by atomic mass is 10.1. The Kier molecular flexibility index (Phi) is 3.61. The Morgan fingerprint density at radius 2 is 2.20 bits per heavy atom. The van der Waals surface area contributed by atoms with Gasteiger partial charge in [-0.3, -0.25) is 9.69 Å². The fraction of sp³-hybridized carbons (Fsp3) is 0.533. The van der Waals surface area contributed by atoms with Gasteiger partial charge in [-0.25, -0.2) is 4.39 Å². The Bertz CT molecular complexity index is 516. The highest BCUT2D eigenvalue weighted by Crippen LogP contribution is 2.32. The third-order valence-electron chi connectivity index (χ3n) is 3.80. The van der Waals surface area contributed by atoms with Gasteiger partial charge in [0.15, 0.2) is 0 Å². The Balaban J connectivity index is 1.60. The first-order valence-corrected chi connectivity index (χ1v) is 6.99. The van der Waals surface area contributed by atoms with Gasteiger partial charge < -0.3 is 9.84 Å². The quantitative estimate of drug-likeness (QED) is 0.864. The summed E-state index contributed by atoms with van der Waals surface area (Å²) in [5, 5.41) is 8.97. The molecule has 0 radical (unpaired) electrons. The molecule has 1 aliphatic carbocycles. The summed E-state index contributed by atoms with van der Waals surface area (Å²) in [7, 11) is 0. The van der Waals surface area contributed by atoms with Crippen molar-refractivity contribution in [2.75, 3.05) is 19.6 Å². The lowest BCUT2D eigenvalue weighted by molar-refractivity contribution is -0.138. The van der Waals surface area contributed by atoms with Gasteiger partial charge in [0.1, 0.15) is 17.7 Å². The molecule has 0 spiro atoms. The van der Waals surface area contributed by atoms with E-state index < -0.39 is 5.97 Å². The Morgan fingerprint density at radius 3 is 2.90 bits per heavy atom. The number of carboxylic acids is 1. The molecule has 1 aromatic carbocycles. The minimum Gasteiger partial charge on any atom is -0.488 e. The summed E-state index contributed by atoms with van der Waals surface area (Å²) in [4.78, 5) is 12.9. The lowest BCUT2D eigenvalue weighted by Gasteiger charge is -2.23. The first kappa shape index (κ1) is 13.4. The molecule has 1 atom stereocenters. The molecular weight excluding hydrogens is 261 g/mol. The van der Waals surface area contributed by atoms with Crippen molar-refractivity contribution in [3.63, 3.8) is 0 Å². The van der Waals surface area contributed by atoms with Gasteiger partial charge in [0, 0.05) is 25.1 Å². The molecule has 0 aromatic heterocycles. The molecular formula is C15H18FNO3. The molecule has 1 aromatic rings. The van der Waals surface area contributed by atoms with E-state index in [2.05, 4.69) is 0 Å². The summed E-state index contributed by atoms with van der Waals surface area (Å²) >= 11 is 0. The molecule has 20 heavy (non-hydrogen) atoms. The second-order valence-corrected chi connectivity index (χ2v) is 5.73. The van der Waals surface area contributed by atoms with Gasteiger partial charge in [-0.1, -0.05) is 0 Å². The summed E-state index contributed by atoms with van der Waals surface area (Å²) in [6, 6.07) is 4.53. The molecule has 2 aliphatic rings. The standard InChI is InChI=1S/C15H18FNO3/c16-12-3-4-14-11(5-12)6-13(20-14)8-17(9-15(18)19)7-10-1-2-10/h3-5,10,13H,1-2,6-9H2,(H,18,19). The Labute approximate surface area is 117 Å². The number of carboxylic acid groups (broad SMARTS) is 1. The zero-order valence-electron chi connectivity index (χ0n) is 11.2. The molecule has 1 saturated carbocycles. The number of halogens is 1. The Hall–Kier alpha value is -1.62. The number of fused-ring (bicyclic) bond motifs is 1. The van der Waals surface area contributed by atoms with Crippen molar-refractivity contribution in [1.29, 1.82) is 0 Å². The largest absolute Gasteiger partial charge is 0.488 e. The third kappa shape index (κ3) is 3.28. The zero-order chi connectivity index (χ0) is 14.1. The van der Waals surface area contributed by atoms with Crippen LogP contribution in [0.25, 0.3) is 0 Å². The van der Waals surface area contributed by atoms with Crippen molar-refractivity contribution < 1.29 is 19.0 Å². The van der Waals surface area contributed by atoms with Gasteiger partial charge >= 0.3 is 5.97 Å². The zero-order valence-corrected chi connectivity index (χ0v) is 11.2. The summed E-state index contributed by atoms with van der Waals surface area (Å²) in [6.45, 7) is 1.44. The smallest absolute Gasteiger partial charge is 0.317 e. The molecule has 1 fully saturated rings. The van der Waals surface area contributed by atoms with Crippen LogP contribution in [0.15, 0.2) is 18.2 Å². The number of rotatable bonds is 6. The van der Waals surface area contributed by atoms with Crippen LogP contribution in [0.4, 0.5) is 4.39 Å². The fourth-order valence-corrected chi connectivity index (χ4v) is 2.74. The van der Waals surface area contributed by atoms with E-state index in [0.29, 0.717) is 18.9 Å². The maximum Gasteiger partial charge on any atom is 0.317 e. The molecule has 3 rings (SSSR count). The predicted octanol–water partition coefficient (Wildman–Crippen LogP) is 1.93. The van der Waals surface area contributed by atoms with Crippen LogP contribution in [-0.4, -0.2) is 41.7 Å². The van der Waals surface area contributed by atoms with Crippen LogP contribution < -0.4 is 4.74 Å². The predicted molar refractivity (Wildman–Crippen MR) is 71.3 cm³/mol. The van der Waals surface area contributed by atoms with Gasteiger partial charge in [-0.05, 0) is 37.0 Å². The lowest BCUT2D eigenvalue weighted by Crippen LogP contribution is -2.39. The van der Waals surface area contributed by atoms with E-state index in [0.717, 1.165) is 17.9 Å². The average Bonchev–Trinajstić information content (AvgIpc) is 3.07. The molecule has 108 valence electrons. The molecule has 5 heteroatoms. The molecule has 0 bridgehead atoms. The molecule has 1 N–H and O–H groups in total. The second kappa shape index (κ2) is 5.40. The van der Waals surface area contributed by atoms with E-state index >= 15 is 0 Å². The van der Waals surface area contributed by atoms with E-state index in [4.69, 9.17) is 9.84 Å². The number of ether oxygens (including phenoxy) is 1. The van der Waals surface area contributed by atoms with Crippen molar-refractivity contribution in [3.05, 3.63) is 29.6 Å². The van der Waals surface area contributed by atoms with Crippen LogP contribution in [0, 0.1) is 11.7 Å². The van der Waals surface area contributed by atoms with E-state index in [9.17, 15) is 9.18 Å². The Morgan fingerprint density at radius 1 is 1.40 bits per heavy atom. The SMILES string of the molecule is O=C(O)CN(CC1CC1)CC1Cc2cc(F)ccc2O1. The first-order valence-electron chi connectivity index (χ1n) is 6.99. The first-order chi connectivity index (χ1) is 9.60. The van der Waals surface area contributed by atoms with Crippen LogP contribution in [0.1, 0.15) is 18.4 Å². The van der Waals surface area contributed by atoms with Crippen LogP contribution in [-0.2, 0) is 11.2 Å². The third-order valence-corrected chi connectivity index (χ3v) is 3.80. The summed E-state index contributed by atoms with van der Waals surface area (Å²) in [5.74, 6) is 0.286. The van der Waals surface area contributed by atoms with Crippen LogP contribution >= 0.6 is 0 Å². The molecule has 1 unspecified atom stereocenters. The number of hydrogen-bond donors (Lipinski definition) is 1.